The van der Waals surface area contributed by atoms with Gasteiger partial charge in [0.25, 0.3) is 5.69 Å². The van der Waals surface area contributed by atoms with Gasteiger partial charge in [0.05, 0.1) is 16.1 Å². The molecule has 112 valence electrons. The summed E-state index contributed by atoms with van der Waals surface area (Å²) in [7, 11) is 0. The smallest absolute Gasteiger partial charge is 0.338 e. The third-order valence-corrected chi connectivity index (χ3v) is 2.83. The summed E-state index contributed by atoms with van der Waals surface area (Å²) in [5, 5.41) is 31.9. The molecule has 0 aliphatic heterocycles. The van der Waals surface area contributed by atoms with E-state index in [0.717, 1.165) is 12.1 Å². The summed E-state index contributed by atoms with van der Waals surface area (Å²) >= 11 is 0. The zero-order valence-electron chi connectivity index (χ0n) is 11.0. The normalized spacial score (nSPS) is 10.0. The molecule has 0 unspecified atom stereocenters. The fraction of sp³-hybridized carbons (Fsp3) is 0. The van der Waals surface area contributed by atoms with Crippen LogP contribution in [0, 0.1) is 10.1 Å². The predicted molar refractivity (Wildman–Crippen MR) is 76.7 cm³/mol. The van der Waals surface area contributed by atoms with Gasteiger partial charge in [-0.05, 0) is 18.2 Å². The molecule has 3 N–H and O–H groups in total. The van der Waals surface area contributed by atoms with Crippen molar-refractivity contribution >= 4 is 29.0 Å². The van der Waals surface area contributed by atoms with E-state index < -0.39 is 33.7 Å². The van der Waals surface area contributed by atoms with Crippen molar-refractivity contribution in [3.05, 3.63) is 63.7 Å². The summed E-state index contributed by atoms with van der Waals surface area (Å²) in [4.78, 5) is 32.6. The summed E-state index contributed by atoms with van der Waals surface area (Å²) in [6.07, 6.45) is 0. The summed E-state index contributed by atoms with van der Waals surface area (Å²) in [5.41, 5.74) is -1.41. The number of rotatable bonds is 5. The van der Waals surface area contributed by atoms with Crippen LogP contribution in [0.2, 0.25) is 0 Å². The highest BCUT2D eigenvalue weighted by Gasteiger charge is 2.25. The van der Waals surface area contributed by atoms with E-state index in [1.807, 2.05) is 0 Å². The number of nitrogens with zero attached hydrogens (tertiary/aromatic N) is 1. The topological polar surface area (TPSA) is 130 Å². The molecule has 2 aromatic carbocycles. The van der Waals surface area contributed by atoms with Crippen LogP contribution in [0.15, 0.2) is 42.5 Å². The maximum atomic E-state index is 11.3. The Hall–Kier alpha value is -3.42. The number of carbonyl (C=O) groups is 2. The number of hydrogen-bond donors (Lipinski definition) is 3. The average molecular weight is 302 g/mol. The number of benzene rings is 2. The number of para-hydroxylation sites is 1. The molecule has 0 bridgehead atoms. The molecular weight excluding hydrogens is 292 g/mol. The largest absolute Gasteiger partial charge is 0.478 e. The molecule has 0 fully saturated rings. The summed E-state index contributed by atoms with van der Waals surface area (Å²) < 4.78 is 0. The molecule has 2 aromatic rings. The molecule has 0 heterocycles. The minimum atomic E-state index is -1.47. The molecule has 8 heteroatoms. The summed E-state index contributed by atoms with van der Waals surface area (Å²) in [6.45, 7) is 0. The number of nitro groups is 1. The number of carboxylic acids is 2. The molecule has 0 atom stereocenters. The molecule has 0 aliphatic carbocycles. The fourth-order valence-corrected chi connectivity index (χ4v) is 1.86. The van der Waals surface area contributed by atoms with Crippen LogP contribution >= 0.6 is 0 Å². The highest BCUT2D eigenvalue weighted by molar-refractivity contribution is 6.02. The van der Waals surface area contributed by atoms with Crippen LogP contribution in [0.25, 0.3) is 0 Å². The van der Waals surface area contributed by atoms with Crippen molar-refractivity contribution in [2.45, 2.75) is 0 Å². The minimum absolute atomic E-state index is 0.270. The molecule has 22 heavy (non-hydrogen) atoms. The third-order valence-electron chi connectivity index (χ3n) is 2.83. The van der Waals surface area contributed by atoms with Crippen LogP contribution in [0.4, 0.5) is 17.1 Å². The van der Waals surface area contributed by atoms with Crippen LogP contribution in [0.5, 0.6) is 0 Å². The van der Waals surface area contributed by atoms with Gasteiger partial charge in [-0.3, -0.25) is 10.1 Å². The molecule has 0 saturated heterocycles. The Kier molecular flexibility index (Phi) is 4.03. The molecule has 8 nitrogen and oxygen atoms in total. The lowest BCUT2D eigenvalue weighted by molar-refractivity contribution is -0.384. The number of hydrogen-bond acceptors (Lipinski definition) is 5. The second kappa shape index (κ2) is 5.92. The van der Waals surface area contributed by atoms with Gasteiger partial charge in [-0.15, -0.1) is 0 Å². The van der Waals surface area contributed by atoms with Crippen LogP contribution < -0.4 is 5.32 Å². The molecular formula is C14H10N2O6. The maximum absolute atomic E-state index is 11.3. The maximum Gasteiger partial charge on any atom is 0.338 e. The van der Waals surface area contributed by atoms with E-state index in [2.05, 4.69) is 5.32 Å². The summed E-state index contributed by atoms with van der Waals surface area (Å²) in [6, 6.07) is 9.95. The predicted octanol–water partition coefficient (Wildman–Crippen LogP) is 2.73. The van der Waals surface area contributed by atoms with Gasteiger partial charge in [0.2, 0.25) is 0 Å². The zero-order valence-corrected chi connectivity index (χ0v) is 11.0. The van der Waals surface area contributed by atoms with Gasteiger partial charge < -0.3 is 15.5 Å². The number of nitrogens with one attached hydrogen (secondary N) is 1. The van der Waals surface area contributed by atoms with E-state index in [1.165, 1.54) is 0 Å². The molecule has 2 rings (SSSR count). The van der Waals surface area contributed by atoms with Gasteiger partial charge in [-0.1, -0.05) is 18.2 Å². The summed E-state index contributed by atoms with van der Waals surface area (Å²) in [5.74, 6) is -2.92. The van der Waals surface area contributed by atoms with Crippen molar-refractivity contribution in [2.24, 2.45) is 0 Å². The number of anilines is 2. The minimum Gasteiger partial charge on any atom is -0.478 e. The van der Waals surface area contributed by atoms with Crippen molar-refractivity contribution < 1.29 is 24.7 Å². The van der Waals surface area contributed by atoms with Gasteiger partial charge in [0.1, 0.15) is 5.69 Å². The molecule has 0 amide bonds. The number of nitro benzene ring substituents is 1. The first-order valence-corrected chi connectivity index (χ1v) is 6.01. The van der Waals surface area contributed by atoms with Crippen molar-refractivity contribution in [2.75, 3.05) is 5.32 Å². The fourth-order valence-electron chi connectivity index (χ4n) is 1.86. The van der Waals surface area contributed by atoms with Crippen LogP contribution in [0.1, 0.15) is 20.7 Å². The number of aromatic carboxylic acids is 2. The van der Waals surface area contributed by atoms with Gasteiger partial charge in [0, 0.05) is 11.8 Å². The standard InChI is InChI=1S/C14H10N2O6/c17-13(18)8-6-10(14(19)20)12(11(7-8)16(21)22)15-9-4-2-1-3-5-9/h1-7,15H,(H,17,18)(H,19,20). The lowest BCUT2D eigenvalue weighted by Gasteiger charge is -2.11. The highest BCUT2D eigenvalue weighted by Crippen LogP contribution is 2.33. The molecule has 0 aromatic heterocycles. The highest BCUT2D eigenvalue weighted by atomic mass is 16.6. The van der Waals surface area contributed by atoms with Crippen LogP contribution in [-0.2, 0) is 0 Å². The first-order chi connectivity index (χ1) is 10.4. The Morgan fingerprint density at radius 3 is 2.18 bits per heavy atom. The first-order valence-electron chi connectivity index (χ1n) is 6.01. The quantitative estimate of drug-likeness (QED) is 0.571. The molecule has 0 aliphatic rings. The van der Waals surface area contributed by atoms with Gasteiger partial charge >= 0.3 is 11.9 Å². The van der Waals surface area contributed by atoms with Gasteiger partial charge in [0.15, 0.2) is 0 Å². The van der Waals surface area contributed by atoms with E-state index in [1.54, 1.807) is 30.3 Å². The van der Waals surface area contributed by atoms with Crippen molar-refractivity contribution in [3.8, 4) is 0 Å². The Labute approximate surface area is 123 Å². The lowest BCUT2D eigenvalue weighted by atomic mass is 10.1. The van der Waals surface area contributed by atoms with Crippen LogP contribution in [-0.4, -0.2) is 27.1 Å². The van der Waals surface area contributed by atoms with Gasteiger partial charge in [-0.25, -0.2) is 9.59 Å². The Bertz CT molecular complexity index is 722. The van der Waals surface area contributed by atoms with Crippen molar-refractivity contribution in [1.82, 2.24) is 0 Å². The zero-order chi connectivity index (χ0) is 16.3. The Balaban J connectivity index is 2.66. The van der Waals surface area contributed by atoms with Gasteiger partial charge in [-0.2, -0.15) is 0 Å². The molecule has 0 saturated carbocycles. The third kappa shape index (κ3) is 3.01. The average Bonchev–Trinajstić information content (AvgIpc) is 2.47. The monoisotopic (exact) mass is 302 g/mol. The number of carboxylic acid groups (broad SMARTS) is 2. The van der Waals surface area contributed by atoms with E-state index >= 15 is 0 Å². The van der Waals surface area contributed by atoms with E-state index in [0.29, 0.717) is 5.69 Å². The van der Waals surface area contributed by atoms with E-state index in [4.69, 9.17) is 5.11 Å². The SMILES string of the molecule is O=C(O)c1cc(C(=O)O)c(Nc2ccccc2)c([N+](=O)[O-])c1. The van der Waals surface area contributed by atoms with Crippen molar-refractivity contribution in [3.63, 3.8) is 0 Å². The van der Waals surface area contributed by atoms with E-state index in [-0.39, 0.29) is 5.69 Å². The van der Waals surface area contributed by atoms with E-state index in [9.17, 15) is 24.8 Å². The second-order valence-electron chi connectivity index (χ2n) is 4.28. The Morgan fingerprint density at radius 2 is 1.68 bits per heavy atom. The second-order valence-corrected chi connectivity index (χ2v) is 4.28. The molecule has 0 spiro atoms. The first kappa shape index (κ1) is 15.0. The Morgan fingerprint density at radius 1 is 1.05 bits per heavy atom. The van der Waals surface area contributed by atoms with Crippen molar-refractivity contribution in [1.29, 1.82) is 0 Å². The molecule has 0 radical (unpaired) electrons. The lowest BCUT2D eigenvalue weighted by Crippen LogP contribution is -2.09. The van der Waals surface area contributed by atoms with Crippen LogP contribution in [0.3, 0.4) is 0 Å².